The summed E-state index contributed by atoms with van der Waals surface area (Å²) >= 11 is 0. The minimum absolute atomic E-state index is 0. The minimum Gasteiger partial charge on any atom is -0.370 e. The SMILES string of the molecule is CN=C(NCCS(=O)Cc1ccccc1)N1CCOC(c2ccccc2C)C1.I. The van der Waals surface area contributed by atoms with Gasteiger partial charge in [0.25, 0.3) is 0 Å². The van der Waals surface area contributed by atoms with Gasteiger partial charge in [-0.1, -0.05) is 54.6 Å². The molecule has 0 bridgehead atoms. The van der Waals surface area contributed by atoms with Crippen LogP contribution in [-0.4, -0.2) is 54.1 Å². The number of ether oxygens (including phenoxy) is 1. The van der Waals surface area contributed by atoms with Crippen LogP contribution in [0.25, 0.3) is 0 Å². The van der Waals surface area contributed by atoms with Crippen LogP contribution in [0, 0.1) is 6.92 Å². The maximum Gasteiger partial charge on any atom is 0.193 e. The number of halogens is 1. The number of rotatable bonds is 6. The van der Waals surface area contributed by atoms with Gasteiger partial charge < -0.3 is 15.0 Å². The zero-order chi connectivity index (χ0) is 19.8. The molecule has 0 spiro atoms. The Hall–Kier alpha value is -1.45. The summed E-state index contributed by atoms with van der Waals surface area (Å²) in [6.45, 7) is 4.98. The Morgan fingerprint density at radius 1 is 1.21 bits per heavy atom. The van der Waals surface area contributed by atoms with Crippen LogP contribution >= 0.6 is 24.0 Å². The van der Waals surface area contributed by atoms with Crippen LogP contribution in [-0.2, 0) is 21.3 Å². The highest BCUT2D eigenvalue weighted by molar-refractivity contribution is 14.0. The highest BCUT2D eigenvalue weighted by atomic mass is 127. The van der Waals surface area contributed by atoms with Gasteiger partial charge in [0.2, 0.25) is 0 Å². The molecule has 1 aliphatic rings. The van der Waals surface area contributed by atoms with Crippen molar-refractivity contribution in [3.63, 3.8) is 0 Å². The summed E-state index contributed by atoms with van der Waals surface area (Å²) in [7, 11) is 0.898. The third-order valence-corrected chi connectivity index (χ3v) is 6.21. The molecule has 0 saturated carbocycles. The van der Waals surface area contributed by atoms with Gasteiger partial charge >= 0.3 is 0 Å². The van der Waals surface area contributed by atoms with Crippen molar-refractivity contribution in [1.82, 2.24) is 10.2 Å². The normalized spacial score (nSPS) is 18.1. The summed E-state index contributed by atoms with van der Waals surface area (Å²) in [5.74, 6) is 2.03. The van der Waals surface area contributed by atoms with E-state index >= 15 is 0 Å². The second kappa shape index (κ2) is 12.3. The molecule has 1 saturated heterocycles. The molecule has 0 radical (unpaired) electrons. The van der Waals surface area contributed by atoms with E-state index in [1.54, 1.807) is 7.05 Å². The van der Waals surface area contributed by atoms with Gasteiger partial charge in [0.15, 0.2) is 5.96 Å². The molecule has 1 heterocycles. The lowest BCUT2D eigenvalue weighted by Gasteiger charge is -2.35. The molecule has 1 aliphatic heterocycles. The van der Waals surface area contributed by atoms with Gasteiger partial charge in [-0.05, 0) is 23.6 Å². The van der Waals surface area contributed by atoms with E-state index in [2.05, 4.69) is 46.4 Å². The Morgan fingerprint density at radius 2 is 1.93 bits per heavy atom. The average Bonchev–Trinajstić information content (AvgIpc) is 2.72. The fourth-order valence-corrected chi connectivity index (χ4v) is 4.46. The van der Waals surface area contributed by atoms with Crippen molar-refractivity contribution in [2.75, 3.05) is 39.0 Å². The molecule has 2 aromatic rings. The van der Waals surface area contributed by atoms with Crippen molar-refractivity contribution in [1.29, 1.82) is 0 Å². The Balaban J connectivity index is 0.00000300. The van der Waals surface area contributed by atoms with E-state index in [1.165, 1.54) is 11.1 Å². The first-order valence-electron chi connectivity index (χ1n) is 9.69. The van der Waals surface area contributed by atoms with Crippen LogP contribution in [0.15, 0.2) is 59.6 Å². The third-order valence-electron chi connectivity index (χ3n) is 4.90. The molecule has 29 heavy (non-hydrogen) atoms. The molecular weight excluding hydrogens is 497 g/mol. The lowest BCUT2D eigenvalue weighted by Crippen LogP contribution is -2.49. The van der Waals surface area contributed by atoms with E-state index in [0.717, 1.165) is 24.6 Å². The molecule has 1 fully saturated rings. The number of aliphatic imine (C=N–C) groups is 1. The van der Waals surface area contributed by atoms with Crippen molar-refractivity contribution in [3.05, 3.63) is 71.3 Å². The molecule has 158 valence electrons. The minimum atomic E-state index is -0.895. The first-order chi connectivity index (χ1) is 13.7. The molecule has 2 unspecified atom stereocenters. The van der Waals surface area contributed by atoms with Crippen molar-refractivity contribution in [2.24, 2.45) is 4.99 Å². The van der Waals surface area contributed by atoms with Crippen LogP contribution in [0.4, 0.5) is 0 Å². The third kappa shape index (κ3) is 7.08. The Labute approximate surface area is 193 Å². The Morgan fingerprint density at radius 3 is 2.66 bits per heavy atom. The van der Waals surface area contributed by atoms with Crippen LogP contribution in [0.2, 0.25) is 0 Å². The summed E-state index contributed by atoms with van der Waals surface area (Å²) in [5.41, 5.74) is 3.58. The summed E-state index contributed by atoms with van der Waals surface area (Å²) in [6.07, 6.45) is 0.0423. The summed E-state index contributed by atoms with van der Waals surface area (Å²) in [4.78, 5) is 6.64. The zero-order valence-corrected chi connectivity index (χ0v) is 20.2. The predicted octanol–water partition coefficient (Wildman–Crippen LogP) is 3.51. The van der Waals surface area contributed by atoms with Crippen LogP contribution in [0.3, 0.4) is 0 Å². The Bertz CT molecular complexity index is 817. The van der Waals surface area contributed by atoms with Crippen LogP contribution in [0.5, 0.6) is 0 Å². The fraction of sp³-hybridized carbons (Fsp3) is 0.409. The van der Waals surface area contributed by atoms with E-state index in [-0.39, 0.29) is 30.1 Å². The number of morpholine rings is 1. The van der Waals surface area contributed by atoms with Crippen LogP contribution < -0.4 is 5.32 Å². The summed E-state index contributed by atoms with van der Waals surface area (Å²) in [5, 5.41) is 3.37. The number of nitrogens with zero attached hydrogens (tertiary/aromatic N) is 2. The molecule has 2 atom stereocenters. The van der Waals surface area contributed by atoms with E-state index in [0.29, 0.717) is 24.7 Å². The van der Waals surface area contributed by atoms with Crippen molar-refractivity contribution in [2.45, 2.75) is 18.8 Å². The number of nitrogens with one attached hydrogen (secondary N) is 1. The number of aryl methyl sites for hydroxylation is 1. The second-order valence-electron chi connectivity index (χ2n) is 6.91. The number of hydrogen-bond donors (Lipinski definition) is 1. The van der Waals surface area contributed by atoms with E-state index in [1.807, 2.05) is 30.3 Å². The maximum absolute atomic E-state index is 12.3. The quantitative estimate of drug-likeness (QED) is 0.355. The first-order valence-corrected chi connectivity index (χ1v) is 11.2. The number of hydrogen-bond acceptors (Lipinski definition) is 3. The lowest BCUT2D eigenvalue weighted by molar-refractivity contribution is -0.00827. The van der Waals surface area contributed by atoms with Gasteiger partial charge in [0.05, 0.1) is 13.2 Å². The molecule has 1 N–H and O–H groups in total. The summed E-state index contributed by atoms with van der Waals surface area (Å²) < 4.78 is 18.3. The van der Waals surface area contributed by atoms with Gasteiger partial charge in [0.1, 0.15) is 6.10 Å². The van der Waals surface area contributed by atoms with E-state index < -0.39 is 10.8 Å². The van der Waals surface area contributed by atoms with Crippen molar-refractivity contribution < 1.29 is 8.95 Å². The monoisotopic (exact) mass is 527 g/mol. The standard InChI is InChI=1S/C22H29N3O2S.HI/c1-18-8-6-7-11-20(18)21-16-25(13-14-27-21)22(23-2)24-12-15-28(26)17-19-9-4-3-5-10-19;/h3-11,21H,12-17H2,1-2H3,(H,23,24);1H. The average molecular weight is 527 g/mol. The van der Waals surface area contributed by atoms with Gasteiger partial charge in [-0.3, -0.25) is 9.20 Å². The molecule has 0 aliphatic carbocycles. The molecule has 5 nitrogen and oxygen atoms in total. The molecule has 0 aromatic heterocycles. The van der Waals surface area contributed by atoms with Gasteiger partial charge in [-0.15, -0.1) is 24.0 Å². The fourth-order valence-electron chi connectivity index (χ4n) is 3.42. The first kappa shape index (κ1) is 23.8. The zero-order valence-electron chi connectivity index (χ0n) is 17.0. The van der Waals surface area contributed by atoms with Crippen molar-refractivity contribution >= 4 is 40.7 Å². The molecular formula is C22H30IN3O2S. The van der Waals surface area contributed by atoms with Gasteiger partial charge in [0, 0.05) is 42.4 Å². The topological polar surface area (TPSA) is 53.9 Å². The van der Waals surface area contributed by atoms with E-state index in [4.69, 9.17) is 4.74 Å². The van der Waals surface area contributed by atoms with Gasteiger partial charge in [-0.25, -0.2) is 0 Å². The van der Waals surface area contributed by atoms with Crippen LogP contribution in [0.1, 0.15) is 22.8 Å². The van der Waals surface area contributed by atoms with E-state index in [9.17, 15) is 4.21 Å². The molecule has 7 heteroatoms. The van der Waals surface area contributed by atoms with Crippen molar-refractivity contribution in [3.8, 4) is 0 Å². The summed E-state index contributed by atoms with van der Waals surface area (Å²) in [6, 6.07) is 18.3. The largest absolute Gasteiger partial charge is 0.370 e. The second-order valence-corrected chi connectivity index (χ2v) is 8.49. The smallest absolute Gasteiger partial charge is 0.193 e. The number of guanidine groups is 1. The molecule has 3 rings (SSSR count). The lowest BCUT2D eigenvalue weighted by atomic mass is 10.0. The predicted molar refractivity (Wildman–Crippen MR) is 131 cm³/mol. The Kier molecular flexibility index (Phi) is 10.1. The highest BCUT2D eigenvalue weighted by Crippen LogP contribution is 2.24. The molecule has 2 aromatic carbocycles. The maximum atomic E-state index is 12.3. The number of benzene rings is 2. The van der Waals surface area contributed by atoms with Gasteiger partial charge in [-0.2, -0.15) is 0 Å². The molecule has 0 amide bonds. The highest BCUT2D eigenvalue weighted by Gasteiger charge is 2.25.